The average Bonchev–Trinajstić information content (AvgIpc) is 2.87. The van der Waals surface area contributed by atoms with Gasteiger partial charge in [-0.2, -0.15) is 0 Å². The molecule has 1 aromatic heterocycles. The number of hydrogen-bond donors (Lipinski definition) is 1. The molecule has 1 amide bonds. The summed E-state index contributed by atoms with van der Waals surface area (Å²) in [4.78, 5) is 14.4. The second kappa shape index (κ2) is 6.60. The predicted molar refractivity (Wildman–Crippen MR) is 87.2 cm³/mol. The van der Waals surface area contributed by atoms with Crippen LogP contribution in [0.25, 0.3) is 0 Å². The van der Waals surface area contributed by atoms with Gasteiger partial charge in [0.05, 0.1) is 17.4 Å². The number of carbonyl (C=O) groups excluding carboxylic acids is 1. The molecule has 126 valence electrons. The molecule has 3 rings (SSSR count). The quantitative estimate of drug-likeness (QED) is 0.852. The Bertz CT molecular complexity index is 680. The van der Waals surface area contributed by atoms with Gasteiger partial charge in [-0.25, -0.2) is 8.42 Å². The van der Waals surface area contributed by atoms with Crippen LogP contribution in [0.2, 0.25) is 5.15 Å². The van der Waals surface area contributed by atoms with Gasteiger partial charge in [-0.15, -0.1) is 10.2 Å². The van der Waals surface area contributed by atoms with Crippen molar-refractivity contribution in [3.63, 3.8) is 0 Å². The third-order valence-corrected chi connectivity index (χ3v) is 6.28. The van der Waals surface area contributed by atoms with E-state index >= 15 is 0 Å². The summed E-state index contributed by atoms with van der Waals surface area (Å²) in [5.74, 6) is 0.686. The van der Waals surface area contributed by atoms with Gasteiger partial charge < -0.3 is 10.2 Å². The van der Waals surface area contributed by atoms with Crippen LogP contribution in [0.15, 0.2) is 12.1 Å². The molecule has 0 unspecified atom stereocenters. The van der Waals surface area contributed by atoms with Crippen LogP contribution in [0.1, 0.15) is 19.3 Å². The van der Waals surface area contributed by atoms with E-state index in [-0.39, 0.29) is 29.4 Å². The number of sulfone groups is 1. The third-order valence-electron chi connectivity index (χ3n) is 4.31. The van der Waals surface area contributed by atoms with Crippen molar-refractivity contribution in [2.45, 2.75) is 25.3 Å². The van der Waals surface area contributed by atoms with Crippen LogP contribution in [-0.4, -0.2) is 55.2 Å². The number of halogens is 1. The first-order chi connectivity index (χ1) is 10.9. The Morgan fingerprint density at radius 3 is 2.78 bits per heavy atom. The van der Waals surface area contributed by atoms with Crippen molar-refractivity contribution >= 4 is 33.2 Å². The number of nitrogens with zero attached hydrogens (tertiary/aromatic N) is 3. The molecule has 0 aromatic carbocycles. The van der Waals surface area contributed by atoms with Crippen molar-refractivity contribution in [2.75, 3.05) is 29.5 Å². The van der Waals surface area contributed by atoms with E-state index in [2.05, 4.69) is 15.5 Å². The fourth-order valence-electron chi connectivity index (χ4n) is 3.10. The van der Waals surface area contributed by atoms with Crippen LogP contribution in [0.5, 0.6) is 0 Å². The zero-order chi connectivity index (χ0) is 16.4. The molecule has 2 aliphatic heterocycles. The Morgan fingerprint density at radius 1 is 1.30 bits per heavy atom. The van der Waals surface area contributed by atoms with E-state index < -0.39 is 9.84 Å². The molecule has 7 nitrogen and oxygen atoms in total. The number of aromatic nitrogens is 2. The topological polar surface area (TPSA) is 92.3 Å². The first kappa shape index (κ1) is 16.4. The summed E-state index contributed by atoms with van der Waals surface area (Å²) in [7, 11) is -2.99. The zero-order valence-corrected chi connectivity index (χ0v) is 14.2. The van der Waals surface area contributed by atoms with E-state index in [0.29, 0.717) is 23.9 Å². The highest BCUT2D eigenvalue weighted by Gasteiger charge is 2.32. The molecule has 0 radical (unpaired) electrons. The molecule has 9 heteroatoms. The molecular formula is C14H19ClN4O3S. The Labute approximate surface area is 140 Å². The maximum atomic E-state index is 12.4. The number of piperidine rings is 1. The van der Waals surface area contributed by atoms with Gasteiger partial charge in [-0.1, -0.05) is 11.6 Å². The van der Waals surface area contributed by atoms with Gasteiger partial charge in [0.15, 0.2) is 20.8 Å². The smallest absolute Gasteiger partial charge is 0.225 e. The molecular weight excluding hydrogens is 340 g/mol. The highest BCUT2D eigenvalue weighted by Crippen LogP contribution is 2.22. The number of hydrogen-bond acceptors (Lipinski definition) is 6. The Kier molecular flexibility index (Phi) is 4.72. The van der Waals surface area contributed by atoms with Crippen molar-refractivity contribution in [3.05, 3.63) is 17.3 Å². The zero-order valence-electron chi connectivity index (χ0n) is 12.6. The van der Waals surface area contributed by atoms with Crippen LogP contribution in [0.3, 0.4) is 0 Å². The minimum atomic E-state index is -2.99. The Hall–Kier alpha value is -1.41. The molecule has 0 saturated carbocycles. The predicted octanol–water partition coefficient (Wildman–Crippen LogP) is 0.650. The molecule has 1 aromatic rings. The lowest BCUT2D eigenvalue weighted by atomic mass is 9.96. The van der Waals surface area contributed by atoms with Crippen LogP contribution in [0, 0.1) is 5.92 Å². The lowest BCUT2D eigenvalue weighted by Crippen LogP contribution is -2.46. The fourth-order valence-corrected chi connectivity index (χ4v) is 4.88. The SMILES string of the molecule is O=C(N[C@@H]1CCS(=O)(=O)C1)[C@H]1CCCN(c2ccc(Cl)nn2)C1. The van der Waals surface area contributed by atoms with Gasteiger partial charge in [-0.05, 0) is 31.4 Å². The maximum Gasteiger partial charge on any atom is 0.225 e. The molecule has 0 spiro atoms. The first-order valence-electron chi connectivity index (χ1n) is 7.68. The fraction of sp³-hybridized carbons (Fsp3) is 0.643. The maximum absolute atomic E-state index is 12.4. The van der Waals surface area contributed by atoms with Crippen molar-refractivity contribution < 1.29 is 13.2 Å². The Balaban J connectivity index is 1.59. The number of anilines is 1. The molecule has 0 bridgehead atoms. The molecule has 1 N–H and O–H groups in total. The van der Waals surface area contributed by atoms with Gasteiger partial charge in [0.2, 0.25) is 5.91 Å². The molecule has 2 aliphatic rings. The van der Waals surface area contributed by atoms with E-state index in [0.717, 1.165) is 19.4 Å². The summed E-state index contributed by atoms with van der Waals surface area (Å²) >= 11 is 5.74. The van der Waals surface area contributed by atoms with E-state index in [1.54, 1.807) is 12.1 Å². The van der Waals surface area contributed by atoms with E-state index in [9.17, 15) is 13.2 Å². The number of amides is 1. The summed E-state index contributed by atoms with van der Waals surface area (Å²) in [6, 6.07) is 3.22. The molecule has 3 heterocycles. The third kappa shape index (κ3) is 4.11. The highest BCUT2D eigenvalue weighted by atomic mass is 35.5. The highest BCUT2D eigenvalue weighted by molar-refractivity contribution is 7.91. The molecule has 2 atom stereocenters. The number of rotatable bonds is 3. The van der Waals surface area contributed by atoms with Gasteiger partial charge in [-0.3, -0.25) is 4.79 Å². The average molecular weight is 359 g/mol. The lowest BCUT2D eigenvalue weighted by Gasteiger charge is -2.33. The lowest BCUT2D eigenvalue weighted by molar-refractivity contribution is -0.125. The summed E-state index contributed by atoms with van der Waals surface area (Å²) in [6.07, 6.45) is 2.18. The number of carbonyl (C=O) groups is 1. The van der Waals surface area contributed by atoms with Crippen LogP contribution in [-0.2, 0) is 14.6 Å². The second-order valence-electron chi connectivity index (χ2n) is 6.11. The first-order valence-corrected chi connectivity index (χ1v) is 9.88. The molecule has 2 saturated heterocycles. The summed E-state index contributed by atoms with van der Waals surface area (Å²) in [5, 5.41) is 11.1. The molecule has 23 heavy (non-hydrogen) atoms. The van der Waals surface area contributed by atoms with Crippen molar-refractivity contribution in [1.29, 1.82) is 0 Å². The molecule has 2 fully saturated rings. The van der Waals surface area contributed by atoms with E-state index in [4.69, 9.17) is 11.6 Å². The van der Waals surface area contributed by atoms with Gasteiger partial charge in [0.25, 0.3) is 0 Å². The van der Waals surface area contributed by atoms with Gasteiger partial charge in [0.1, 0.15) is 0 Å². The minimum Gasteiger partial charge on any atom is -0.354 e. The Morgan fingerprint density at radius 2 is 2.13 bits per heavy atom. The number of nitrogens with one attached hydrogen (secondary N) is 1. The summed E-state index contributed by atoms with van der Waals surface area (Å²) in [6.45, 7) is 1.37. The van der Waals surface area contributed by atoms with Crippen LogP contribution in [0.4, 0.5) is 5.82 Å². The monoisotopic (exact) mass is 358 g/mol. The standard InChI is InChI=1S/C14H19ClN4O3S/c15-12-3-4-13(18-17-12)19-6-1-2-10(8-19)14(20)16-11-5-7-23(21,22)9-11/h3-4,10-11H,1-2,5-9H2,(H,16,20)/t10-,11+/m0/s1. The molecule has 0 aliphatic carbocycles. The van der Waals surface area contributed by atoms with Crippen LogP contribution < -0.4 is 10.2 Å². The second-order valence-corrected chi connectivity index (χ2v) is 8.72. The normalized spacial score (nSPS) is 26.9. The largest absolute Gasteiger partial charge is 0.354 e. The minimum absolute atomic E-state index is 0.0534. The van der Waals surface area contributed by atoms with Crippen molar-refractivity contribution in [3.8, 4) is 0 Å². The van der Waals surface area contributed by atoms with E-state index in [1.807, 2.05) is 4.90 Å². The van der Waals surface area contributed by atoms with Gasteiger partial charge in [0, 0.05) is 19.1 Å². The summed E-state index contributed by atoms with van der Waals surface area (Å²) in [5.41, 5.74) is 0. The van der Waals surface area contributed by atoms with Crippen LogP contribution >= 0.6 is 11.6 Å². The van der Waals surface area contributed by atoms with Gasteiger partial charge >= 0.3 is 0 Å². The van der Waals surface area contributed by atoms with Crippen molar-refractivity contribution in [1.82, 2.24) is 15.5 Å². The van der Waals surface area contributed by atoms with E-state index in [1.165, 1.54) is 0 Å². The van der Waals surface area contributed by atoms with Crippen molar-refractivity contribution in [2.24, 2.45) is 5.92 Å². The summed E-state index contributed by atoms with van der Waals surface area (Å²) < 4.78 is 23.0.